The summed E-state index contributed by atoms with van der Waals surface area (Å²) in [6.07, 6.45) is 0. The van der Waals surface area contributed by atoms with E-state index in [9.17, 15) is 14.9 Å². The average molecular weight is 379 g/mol. The van der Waals surface area contributed by atoms with Crippen LogP contribution in [0.3, 0.4) is 0 Å². The number of benzene rings is 2. The number of nitrogens with one attached hydrogen (secondary N) is 1. The Morgan fingerprint density at radius 3 is 2.39 bits per heavy atom. The van der Waals surface area contributed by atoms with E-state index >= 15 is 0 Å². The van der Waals surface area contributed by atoms with Crippen molar-refractivity contribution in [3.8, 4) is 17.2 Å². The fourth-order valence-corrected chi connectivity index (χ4v) is 2.34. The van der Waals surface area contributed by atoms with Crippen molar-refractivity contribution >= 4 is 17.4 Å². The molecule has 8 heteroatoms. The van der Waals surface area contributed by atoms with Crippen LogP contribution in [0.1, 0.15) is 5.69 Å². The van der Waals surface area contributed by atoms with E-state index in [1.165, 1.54) is 6.07 Å². The SMILES string of the molecule is Cc1ccc(OCC(=O)Nc2ccc(Oc3ccccc3)cc2)c([N+](=O)[O-])n1. The second kappa shape index (κ2) is 8.63. The molecule has 0 aliphatic heterocycles. The Balaban J connectivity index is 1.56. The highest BCUT2D eigenvalue weighted by Gasteiger charge is 2.18. The number of ether oxygens (including phenoxy) is 2. The van der Waals surface area contributed by atoms with Gasteiger partial charge in [0, 0.05) is 12.6 Å². The summed E-state index contributed by atoms with van der Waals surface area (Å²) < 4.78 is 10.9. The maximum Gasteiger partial charge on any atom is 0.406 e. The van der Waals surface area contributed by atoms with Gasteiger partial charge >= 0.3 is 5.82 Å². The lowest BCUT2D eigenvalue weighted by Gasteiger charge is -2.09. The third-order valence-electron chi connectivity index (χ3n) is 3.63. The summed E-state index contributed by atoms with van der Waals surface area (Å²) in [4.78, 5) is 26.2. The molecule has 0 saturated heterocycles. The Labute approximate surface area is 160 Å². The Morgan fingerprint density at radius 1 is 1.04 bits per heavy atom. The van der Waals surface area contributed by atoms with Crippen molar-refractivity contribution in [3.63, 3.8) is 0 Å². The van der Waals surface area contributed by atoms with Crippen LogP contribution in [0.2, 0.25) is 0 Å². The highest BCUT2D eigenvalue weighted by Crippen LogP contribution is 2.25. The molecule has 1 N–H and O–H groups in total. The van der Waals surface area contributed by atoms with E-state index in [2.05, 4.69) is 10.3 Å². The normalized spacial score (nSPS) is 10.2. The molecule has 142 valence electrons. The number of rotatable bonds is 7. The number of carbonyl (C=O) groups is 1. The number of nitro groups is 1. The first-order valence-electron chi connectivity index (χ1n) is 8.39. The summed E-state index contributed by atoms with van der Waals surface area (Å²) in [5, 5.41) is 13.7. The molecule has 0 spiro atoms. The van der Waals surface area contributed by atoms with Gasteiger partial charge in [-0.1, -0.05) is 18.2 Å². The van der Waals surface area contributed by atoms with E-state index in [1.54, 1.807) is 37.3 Å². The first-order chi connectivity index (χ1) is 13.5. The third kappa shape index (κ3) is 5.04. The number of anilines is 1. The van der Waals surface area contributed by atoms with Gasteiger partial charge in [0.1, 0.15) is 17.2 Å². The first kappa shape index (κ1) is 18.8. The molecule has 28 heavy (non-hydrogen) atoms. The topological polar surface area (TPSA) is 104 Å². The molecular formula is C20H17N3O5. The predicted molar refractivity (Wildman–Crippen MR) is 103 cm³/mol. The first-order valence-corrected chi connectivity index (χ1v) is 8.39. The molecule has 0 atom stereocenters. The number of hydrogen-bond acceptors (Lipinski definition) is 6. The number of para-hydroxylation sites is 1. The standard InChI is InChI=1S/C20H17N3O5/c1-14-7-12-18(20(21-14)23(25)26)27-13-19(24)22-15-8-10-17(11-9-15)28-16-5-3-2-4-6-16/h2-12H,13H2,1H3,(H,22,24). The Hall–Kier alpha value is -3.94. The summed E-state index contributed by atoms with van der Waals surface area (Å²) in [5.74, 6) is 0.405. The minimum absolute atomic E-state index is 0.0580. The van der Waals surface area contributed by atoms with Gasteiger partial charge in [-0.2, -0.15) is 0 Å². The van der Waals surface area contributed by atoms with Crippen LogP contribution in [0, 0.1) is 17.0 Å². The van der Waals surface area contributed by atoms with E-state index in [0.717, 1.165) is 0 Å². The zero-order chi connectivity index (χ0) is 19.9. The van der Waals surface area contributed by atoms with Gasteiger partial charge in [0.05, 0.1) is 0 Å². The number of aromatic nitrogens is 1. The molecule has 3 aromatic rings. The van der Waals surface area contributed by atoms with Gasteiger partial charge in [-0.3, -0.25) is 4.79 Å². The lowest BCUT2D eigenvalue weighted by Crippen LogP contribution is -2.20. The second-order valence-corrected chi connectivity index (χ2v) is 5.81. The maximum atomic E-state index is 12.1. The number of pyridine rings is 1. The van der Waals surface area contributed by atoms with Crippen molar-refractivity contribution in [2.24, 2.45) is 0 Å². The van der Waals surface area contributed by atoms with E-state index in [-0.39, 0.29) is 12.4 Å². The van der Waals surface area contributed by atoms with Crippen LogP contribution in [-0.2, 0) is 4.79 Å². The molecule has 0 saturated carbocycles. The molecule has 1 aromatic heterocycles. The van der Waals surface area contributed by atoms with Gasteiger partial charge < -0.3 is 24.9 Å². The van der Waals surface area contributed by atoms with Gasteiger partial charge in [-0.15, -0.1) is 0 Å². The fourth-order valence-electron chi connectivity index (χ4n) is 2.34. The summed E-state index contributed by atoms with van der Waals surface area (Å²) in [5.41, 5.74) is 1.03. The Kier molecular flexibility index (Phi) is 5.81. The van der Waals surface area contributed by atoms with Gasteiger partial charge in [-0.05, 0) is 58.4 Å². The number of nitrogens with zero attached hydrogens (tertiary/aromatic N) is 2. The van der Waals surface area contributed by atoms with Gasteiger partial charge in [-0.25, -0.2) is 0 Å². The maximum absolute atomic E-state index is 12.1. The van der Waals surface area contributed by atoms with E-state index < -0.39 is 16.6 Å². The van der Waals surface area contributed by atoms with Crippen molar-refractivity contribution in [1.82, 2.24) is 4.98 Å². The molecule has 1 amide bonds. The monoisotopic (exact) mass is 379 g/mol. The zero-order valence-electron chi connectivity index (χ0n) is 15.0. The average Bonchev–Trinajstić information content (AvgIpc) is 2.69. The second-order valence-electron chi connectivity index (χ2n) is 5.81. The lowest BCUT2D eigenvalue weighted by molar-refractivity contribution is -0.390. The molecule has 2 aromatic carbocycles. The highest BCUT2D eigenvalue weighted by atomic mass is 16.6. The molecule has 0 aliphatic rings. The molecule has 0 unspecified atom stereocenters. The Morgan fingerprint density at radius 2 is 1.71 bits per heavy atom. The van der Waals surface area contributed by atoms with Crippen molar-refractivity contribution in [2.45, 2.75) is 6.92 Å². The minimum atomic E-state index is -0.647. The van der Waals surface area contributed by atoms with E-state index in [0.29, 0.717) is 22.9 Å². The molecule has 0 bridgehead atoms. The number of hydrogen-bond donors (Lipinski definition) is 1. The van der Waals surface area contributed by atoms with Crippen molar-refractivity contribution in [2.75, 3.05) is 11.9 Å². The third-order valence-corrected chi connectivity index (χ3v) is 3.63. The van der Waals surface area contributed by atoms with Crippen LogP contribution in [0.25, 0.3) is 0 Å². The smallest absolute Gasteiger partial charge is 0.406 e. The number of carbonyl (C=O) groups excluding carboxylic acids is 1. The minimum Gasteiger partial charge on any atom is -0.476 e. The molecule has 8 nitrogen and oxygen atoms in total. The van der Waals surface area contributed by atoms with Crippen LogP contribution in [0.15, 0.2) is 66.7 Å². The van der Waals surface area contributed by atoms with Crippen LogP contribution >= 0.6 is 0 Å². The number of amides is 1. The van der Waals surface area contributed by atoms with Crippen molar-refractivity contribution in [1.29, 1.82) is 0 Å². The highest BCUT2D eigenvalue weighted by molar-refractivity contribution is 5.91. The predicted octanol–water partition coefficient (Wildman–Crippen LogP) is 4.11. The summed E-state index contributed by atoms with van der Waals surface area (Å²) in [6.45, 7) is 1.25. The zero-order valence-corrected chi connectivity index (χ0v) is 15.0. The Bertz CT molecular complexity index is 975. The van der Waals surface area contributed by atoms with Crippen LogP contribution in [-0.4, -0.2) is 22.4 Å². The van der Waals surface area contributed by atoms with Gasteiger partial charge in [0.2, 0.25) is 5.75 Å². The largest absolute Gasteiger partial charge is 0.476 e. The molecule has 0 fully saturated rings. The quantitative estimate of drug-likeness (QED) is 0.489. The molecule has 1 heterocycles. The molecule has 3 rings (SSSR count). The molecule has 0 radical (unpaired) electrons. The molecule has 0 aliphatic carbocycles. The van der Waals surface area contributed by atoms with Crippen LogP contribution in [0.5, 0.6) is 17.2 Å². The van der Waals surface area contributed by atoms with Crippen LogP contribution < -0.4 is 14.8 Å². The van der Waals surface area contributed by atoms with Crippen molar-refractivity contribution < 1.29 is 19.2 Å². The van der Waals surface area contributed by atoms with Gasteiger partial charge in [0.15, 0.2) is 6.61 Å². The van der Waals surface area contributed by atoms with Crippen LogP contribution in [0.4, 0.5) is 11.5 Å². The summed E-state index contributed by atoms with van der Waals surface area (Å²) in [7, 11) is 0. The van der Waals surface area contributed by atoms with Gasteiger partial charge in [0.25, 0.3) is 5.91 Å². The van der Waals surface area contributed by atoms with E-state index in [1.807, 2.05) is 30.3 Å². The lowest BCUT2D eigenvalue weighted by atomic mass is 10.3. The van der Waals surface area contributed by atoms with Crippen molar-refractivity contribution in [3.05, 3.63) is 82.5 Å². The summed E-state index contributed by atoms with van der Waals surface area (Å²) in [6, 6.07) is 19.1. The fraction of sp³-hybridized carbons (Fsp3) is 0.100. The van der Waals surface area contributed by atoms with E-state index in [4.69, 9.17) is 9.47 Å². The number of aryl methyl sites for hydroxylation is 1. The summed E-state index contributed by atoms with van der Waals surface area (Å²) >= 11 is 0. The molecular weight excluding hydrogens is 362 g/mol.